The molecule has 0 saturated heterocycles. The highest BCUT2D eigenvalue weighted by atomic mass is 16.5. The molecule has 0 saturated carbocycles. The fourth-order valence-electron chi connectivity index (χ4n) is 1.79. The van der Waals surface area contributed by atoms with E-state index in [0.29, 0.717) is 25.7 Å². The minimum absolute atomic E-state index is 0.453. The zero-order chi connectivity index (χ0) is 15.0. The van der Waals surface area contributed by atoms with E-state index in [9.17, 15) is 5.11 Å². The van der Waals surface area contributed by atoms with E-state index in [1.807, 2.05) is 18.2 Å². The molecule has 4 heteroatoms. The van der Waals surface area contributed by atoms with Crippen LogP contribution in [-0.4, -0.2) is 32.0 Å². The molecule has 0 radical (unpaired) electrons. The van der Waals surface area contributed by atoms with Gasteiger partial charge in [0.15, 0.2) is 0 Å². The van der Waals surface area contributed by atoms with Gasteiger partial charge in [-0.25, -0.2) is 0 Å². The van der Waals surface area contributed by atoms with Gasteiger partial charge in [-0.05, 0) is 30.5 Å². The van der Waals surface area contributed by atoms with Gasteiger partial charge in [-0.2, -0.15) is 0 Å². The van der Waals surface area contributed by atoms with Crippen LogP contribution in [0.25, 0.3) is 0 Å². The maximum atomic E-state index is 9.60. The number of hydrogen-bond donors (Lipinski definition) is 1. The van der Waals surface area contributed by atoms with Crippen LogP contribution in [0.3, 0.4) is 0 Å². The average molecular weight is 282 g/mol. The molecule has 1 atom stereocenters. The molecule has 1 N–H and O–H groups in total. The second kappa shape index (κ2) is 8.95. The largest absolute Gasteiger partial charge is 0.496 e. The van der Waals surface area contributed by atoms with Crippen molar-refractivity contribution >= 4 is 0 Å². The summed E-state index contributed by atoms with van der Waals surface area (Å²) in [5.41, 5.74) is 1.80. The van der Waals surface area contributed by atoms with E-state index < -0.39 is 6.10 Å². The number of ether oxygens (including phenoxy) is 3. The van der Waals surface area contributed by atoms with E-state index >= 15 is 0 Å². The van der Waals surface area contributed by atoms with Crippen LogP contribution in [0.1, 0.15) is 38.0 Å². The summed E-state index contributed by atoms with van der Waals surface area (Å²) >= 11 is 0. The smallest absolute Gasteiger partial charge is 0.124 e. The number of aliphatic hydroxyl groups excluding tert-OH is 1. The lowest BCUT2D eigenvalue weighted by atomic mass is 10.1. The van der Waals surface area contributed by atoms with E-state index in [0.717, 1.165) is 23.5 Å². The van der Waals surface area contributed by atoms with Crippen molar-refractivity contribution in [2.45, 2.75) is 33.5 Å². The predicted molar refractivity (Wildman–Crippen MR) is 78.9 cm³/mol. The Balaban J connectivity index is 2.43. The molecule has 0 heterocycles. The van der Waals surface area contributed by atoms with Crippen molar-refractivity contribution in [1.29, 1.82) is 0 Å². The van der Waals surface area contributed by atoms with Crippen LogP contribution in [0.5, 0.6) is 5.75 Å². The molecule has 0 amide bonds. The summed E-state index contributed by atoms with van der Waals surface area (Å²) < 4.78 is 16.3. The van der Waals surface area contributed by atoms with Crippen molar-refractivity contribution < 1.29 is 19.3 Å². The topological polar surface area (TPSA) is 47.9 Å². The van der Waals surface area contributed by atoms with Crippen molar-refractivity contribution in [1.82, 2.24) is 0 Å². The van der Waals surface area contributed by atoms with Crippen molar-refractivity contribution in [2.75, 3.05) is 26.9 Å². The summed E-state index contributed by atoms with van der Waals surface area (Å²) in [6, 6.07) is 5.63. The second-order valence-electron chi connectivity index (χ2n) is 5.27. The van der Waals surface area contributed by atoms with Crippen LogP contribution in [0, 0.1) is 5.92 Å². The van der Waals surface area contributed by atoms with Crippen molar-refractivity contribution in [3.05, 3.63) is 29.3 Å². The van der Waals surface area contributed by atoms with Gasteiger partial charge in [-0.3, -0.25) is 0 Å². The van der Waals surface area contributed by atoms with E-state index in [1.165, 1.54) is 0 Å². The first-order chi connectivity index (χ1) is 9.54. The summed E-state index contributed by atoms with van der Waals surface area (Å²) in [6.45, 7) is 8.33. The molecule has 1 aromatic carbocycles. The van der Waals surface area contributed by atoms with Crippen LogP contribution < -0.4 is 4.74 Å². The molecule has 4 nitrogen and oxygen atoms in total. The highest BCUT2D eigenvalue weighted by Crippen LogP contribution is 2.23. The predicted octanol–water partition coefficient (Wildman–Crippen LogP) is 2.94. The maximum absolute atomic E-state index is 9.60. The molecule has 20 heavy (non-hydrogen) atoms. The molecule has 0 aliphatic rings. The Labute approximate surface area is 121 Å². The summed E-state index contributed by atoms with van der Waals surface area (Å²) in [5.74, 6) is 1.32. The van der Waals surface area contributed by atoms with Crippen molar-refractivity contribution in [3.8, 4) is 5.75 Å². The van der Waals surface area contributed by atoms with Gasteiger partial charge in [0, 0.05) is 12.2 Å². The minimum atomic E-state index is -0.492. The van der Waals surface area contributed by atoms with Crippen LogP contribution in [0.15, 0.2) is 18.2 Å². The molecular weight excluding hydrogens is 256 g/mol. The Morgan fingerprint density at radius 3 is 2.40 bits per heavy atom. The standard InChI is InChI=1S/C16H26O4/c1-12(2)10-19-7-8-20-11-15-9-14(13(3)17)5-6-16(15)18-4/h5-6,9,12-13,17H,7-8,10-11H2,1-4H3. The molecule has 0 aliphatic carbocycles. The second-order valence-corrected chi connectivity index (χ2v) is 5.27. The summed E-state index contributed by atoms with van der Waals surface area (Å²) in [7, 11) is 1.63. The third kappa shape index (κ3) is 5.90. The Morgan fingerprint density at radius 1 is 1.10 bits per heavy atom. The average Bonchev–Trinajstić information content (AvgIpc) is 2.42. The zero-order valence-electron chi connectivity index (χ0n) is 12.9. The number of benzene rings is 1. The monoisotopic (exact) mass is 282 g/mol. The molecule has 0 fully saturated rings. The summed E-state index contributed by atoms with van der Waals surface area (Å²) in [6.07, 6.45) is -0.492. The first-order valence-electron chi connectivity index (χ1n) is 7.05. The van der Waals surface area contributed by atoms with Gasteiger partial charge in [-0.15, -0.1) is 0 Å². The van der Waals surface area contributed by atoms with E-state index in [1.54, 1.807) is 14.0 Å². The van der Waals surface area contributed by atoms with Crippen molar-refractivity contribution in [3.63, 3.8) is 0 Å². The summed E-state index contributed by atoms with van der Waals surface area (Å²) in [4.78, 5) is 0. The van der Waals surface area contributed by atoms with Crippen LogP contribution in [0.2, 0.25) is 0 Å². The number of aliphatic hydroxyl groups is 1. The van der Waals surface area contributed by atoms with E-state index in [2.05, 4.69) is 13.8 Å². The molecule has 114 valence electrons. The Bertz CT molecular complexity index is 388. The van der Waals surface area contributed by atoms with E-state index in [-0.39, 0.29) is 0 Å². The molecular formula is C16H26O4. The normalized spacial score (nSPS) is 12.7. The van der Waals surface area contributed by atoms with Gasteiger partial charge < -0.3 is 19.3 Å². The Morgan fingerprint density at radius 2 is 1.80 bits per heavy atom. The lowest BCUT2D eigenvalue weighted by Gasteiger charge is -2.13. The van der Waals surface area contributed by atoms with Gasteiger partial charge >= 0.3 is 0 Å². The van der Waals surface area contributed by atoms with Gasteiger partial charge in [0.2, 0.25) is 0 Å². The minimum Gasteiger partial charge on any atom is -0.496 e. The molecule has 1 unspecified atom stereocenters. The van der Waals surface area contributed by atoms with Gasteiger partial charge in [0.05, 0.1) is 33.0 Å². The third-order valence-electron chi connectivity index (χ3n) is 2.87. The maximum Gasteiger partial charge on any atom is 0.124 e. The SMILES string of the molecule is COc1ccc(C(C)O)cc1COCCOCC(C)C. The Hall–Kier alpha value is -1.10. The first kappa shape index (κ1) is 17.0. The zero-order valence-corrected chi connectivity index (χ0v) is 12.9. The van der Waals surface area contributed by atoms with Gasteiger partial charge in [0.1, 0.15) is 5.75 Å². The molecule has 1 rings (SSSR count). The molecule has 0 aromatic heterocycles. The third-order valence-corrected chi connectivity index (χ3v) is 2.87. The molecule has 0 spiro atoms. The number of rotatable bonds is 9. The quantitative estimate of drug-likeness (QED) is 0.707. The lowest BCUT2D eigenvalue weighted by molar-refractivity contribution is 0.0309. The van der Waals surface area contributed by atoms with Crippen molar-refractivity contribution in [2.24, 2.45) is 5.92 Å². The highest BCUT2D eigenvalue weighted by molar-refractivity contribution is 5.37. The highest BCUT2D eigenvalue weighted by Gasteiger charge is 2.08. The fraction of sp³-hybridized carbons (Fsp3) is 0.625. The summed E-state index contributed by atoms with van der Waals surface area (Å²) in [5, 5.41) is 9.60. The van der Waals surface area contributed by atoms with Crippen LogP contribution in [-0.2, 0) is 16.1 Å². The molecule has 0 bridgehead atoms. The van der Waals surface area contributed by atoms with Gasteiger partial charge in [-0.1, -0.05) is 19.9 Å². The Kier molecular flexibility index (Phi) is 7.59. The lowest BCUT2D eigenvalue weighted by Crippen LogP contribution is -2.09. The van der Waals surface area contributed by atoms with Crippen LogP contribution >= 0.6 is 0 Å². The fourth-order valence-corrected chi connectivity index (χ4v) is 1.79. The first-order valence-corrected chi connectivity index (χ1v) is 7.05. The number of methoxy groups -OCH3 is 1. The van der Waals surface area contributed by atoms with Crippen LogP contribution in [0.4, 0.5) is 0 Å². The van der Waals surface area contributed by atoms with Gasteiger partial charge in [0.25, 0.3) is 0 Å². The number of hydrogen-bond acceptors (Lipinski definition) is 4. The molecule has 1 aromatic rings. The molecule has 0 aliphatic heterocycles. The van der Waals surface area contributed by atoms with E-state index in [4.69, 9.17) is 14.2 Å².